The van der Waals surface area contributed by atoms with Crippen LogP contribution >= 0.6 is 0 Å². The van der Waals surface area contributed by atoms with Gasteiger partial charge in [0.05, 0.1) is 0 Å². The highest BCUT2D eigenvalue weighted by molar-refractivity contribution is 5.34. The van der Waals surface area contributed by atoms with Gasteiger partial charge in [-0.2, -0.15) is 0 Å². The van der Waals surface area contributed by atoms with E-state index in [2.05, 4.69) is 60.4 Å². The zero-order valence-electron chi connectivity index (χ0n) is 13.7. The lowest BCUT2D eigenvalue weighted by Gasteiger charge is -2.43. The van der Waals surface area contributed by atoms with Gasteiger partial charge in [-0.05, 0) is 58.0 Å². The highest BCUT2D eigenvalue weighted by atomic mass is 15.3. The normalized spacial score (nSPS) is 31.7. The summed E-state index contributed by atoms with van der Waals surface area (Å²) in [5.41, 5.74) is 3.05. The molecule has 1 saturated heterocycles. The Morgan fingerprint density at radius 2 is 2.00 bits per heavy atom. The lowest BCUT2D eigenvalue weighted by molar-refractivity contribution is 0.103. The maximum Gasteiger partial charge on any atom is 0.0478 e. The summed E-state index contributed by atoms with van der Waals surface area (Å²) in [6.45, 7) is 6.05. The predicted octanol–water partition coefficient (Wildman–Crippen LogP) is 2.29. The second kappa shape index (κ2) is 6.47. The van der Waals surface area contributed by atoms with Crippen LogP contribution in [0.4, 0.5) is 0 Å². The fraction of sp³-hybridized carbons (Fsp3) is 0.667. The molecule has 0 spiro atoms. The molecule has 3 nitrogen and oxygen atoms in total. The average molecular weight is 287 g/mol. The molecule has 0 aromatic heterocycles. The first-order chi connectivity index (χ1) is 10.2. The maximum absolute atomic E-state index is 3.60. The van der Waals surface area contributed by atoms with E-state index in [1.54, 1.807) is 0 Å². The minimum atomic E-state index is 0.473. The topological polar surface area (TPSA) is 18.5 Å². The molecule has 1 aliphatic carbocycles. The molecule has 1 heterocycles. The first-order valence-corrected chi connectivity index (χ1v) is 8.40. The molecule has 0 radical (unpaired) electrons. The molecule has 0 saturated carbocycles. The molecular formula is C18H29N3. The van der Waals surface area contributed by atoms with Crippen LogP contribution in [0, 0.1) is 0 Å². The summed E-state index contributed by atoms with van der Waals surface area (Å²) in [4.78, 5) is 5.25. The van der Waals surface area contributed by atoms with Crippen LogP contribution in [0.3, 0.4) is 0 Å². The quantitative estimate of drug-likeness (QED) is 0.900. The van der Waals surface area contributed by atoms with E-state index in [4.69, 9.17) is 0 Å². The molecule has 1 aromatic carbocycles. The van der Waals surface area contributed by atoms with Crippen molar-refractivity contribution in [3.05, 3.63) is 35.4 Å². The number of hydrogen-bond donors (Lipinski definition) is 1. The lowest BCUT2D eigenvalue weighted by atomic mass is 9.82. The van der Waals surface area contributed by atoms with Crippen molar-refractivity contribution in [2.45, 2.75) is 44.3 Å². The minimum Gasteiger partial charge on any atom is -0.312 e. The van der Waals surface area contributed by atoms with Crippen molar-refractivity contribution in [2.24, 2.45) is 0 Å². The summed E-state index contributed by atoms with van der Waals surface area (Å²) in [6.07, 6.45) is 3.78. The predicted molar refractivity (Wildman–Crippen MR) is 88.6 cm³/mol. The van der Waals surface area contributed by atoms with Crippen molar-refractivity contribution in [1.29, 1.82) is 0 Å². The summed E-state index contributed by atoms with van der Waals surface area (Å²) >= 11 is 0. The van der Waals surface area contributed by atoms with Gasteiger partial charge < -0.3 is 10.2 Å². The number of likely N-dealkylation sites (N-methyl/N-ethyl adjacent to an activating group) is 2. The summed E-state index contributed by atoms with van der Waals surface area (Å²) in [5, 5.41) is 3.60. The molecule has 3 heteroatoms. The number of rotatable bonds is 2. The van der Waals surface area contributed by atoms with Gasteiger partial charge in [-0.25, -0.2) is 0 Å². The average Bonchev–Trinajstić information content (AvgIpc) is 2.66. The Morgan fingerprint density at radius 1 is 1.19 bits per heavy atom. The first kappa shape index (κ1) is 15.0. The van der Waals surface area contributed by atoms with Gasteiger partial charge >= 0.3 is 0 Å². The van der Waals surface area contributed by atoms with Gasteiger partial charge in [0.2, 0.25) is 0 Å². The van der Waals surface area contributed by atoms with E-state index in [9.17, 15) is 0 Å². The number of hydrogen-bond acceptors (Lipinski definition) is 3. The third kappa shape index (κ3) is 3.01. The van der Waals surface area contributed by atoms with Gasteiger partial charge in [0, 0.05) is 31.2 Å². The standard InChI is InChI=1S/C18H29N3/c1-14-13-20(3)11-6-12-21(14)17-10-9-15-7-4-5-8-16(15)18(17)19-2/h4-5,7-8,14,17-19H,6,9-13H2,1-3H3. The number of benzene rings is 1. The number of fused-ring (bicyclic) bond motifs is 1. The minimum absolute atomic E-state index is 0.473. The molecule has 3 rings (SSSR count). The van der Waals surface area contributed by atoms with E-state index < -0.39 is 0 Å². The summed E-state index contributed by atoms with van der Waals surface area (Å²) in [6, 6.07) is 10.7. The van der Waals surface area contributed by atoms with Crippen LogP contribution in [0.1, 0.15) is 36.9 Å². The molecule has 1 fully saturated rings. The molecular weight excluding hydrogens is 258 g/mol. The Hall–Kier alpha value is -0.900. The van der Waals surface area contributed by atoms with Crippen LogP contribution in [0.15, 0.2) is 24.3 Å². The fourth-order valence-electron chi connectivity index (χ4n) is 4.33. The second-order valence-corrected chi connectivity index (χ2v) is 6.77. The Labute approximate surface area is 129 Å². The van der Waals surface area contributed by atoms with E-state index in [0.29, 0.717) is 18.1 Å². The van der Waals surface area contributed by atoms with E-state index in [1.807, 2.05) is 0 Å². The van der Waals surface area contributed by atoms with Gasteiger partial charge in [0.15, 0.2) is 0 Å². The summed E-state index contributed by atoms with van der Waals surface area (Å²) in [5.74, 6) is 0. The molecule has 3 atom stereocenters. The van der Waals surface area contributed by atoms with Crippen LogP contribution in [-0.4, -0.2) is 55.6 Å². The molecule has 1 aromatic rings. The Bertz CT molecular complexity index is 473. The summed E-state index contributed by atoms with van der Waals surface area (Å²) in [7, 11) is 4.38. The lowest BCUT2D eigenvalue weighted by Crippen LogP contribution is -2.51. The van der Waals surface area contributed by atoms with E-state index in [1.165, 1.54) is 50.0 Å². The van der Waals surface area contributed by atoms with Crippen molar-refractivity contribution >= 4 is 0 Å². The van der Waals surface area contributed by atoms with E-state index in [-0.39, 0.29) is 0 Å². The van der Waals surface area contributed by atoms with E-state index in [0.717, 1.165) is 0 Å². The molecule has 116 valence electrons. The third-order valence-corrected chi connectivity index (χ3v) is 5.32. The molecule has 2 aliphatic rings. The number of nitrogens with one attached hydrogen (secondary N) is 1. The zero-order chi connectivity index (χ0) is 14.8. The van der Waals surface area contributed by atoms with Gasteiger partial charge in [-0.15, -0.1) is 0 Å². The van der Waals surface area contributed by atoms with Gasteiger partial charge in [-0.1, -0.05) is 24.3 Å². The number of nitrogens with zero attached hydrogens (tertiary/aromatic N) is 2. The van der Waals surface area contributed by atoms with Crippen molar-refractivity contribution in [3.63, 3.8) is 0 Å². The van der Waals surface area contributed by atoms with Crippen LogP contribution < -0.4 is 5.32 Å². The van der Waals surface area contributed by atoms with Crippen molar-refractivity contribution < 1.29 is 0 Å². The highest BCUT2D eigenvalue weighted by Gasteiger charge is 2.35. The molecule has 21 heavy (non-hydrogen) atoms. The largest absolute Gasteiger partial charge is 0.312 e. The molecule has 0 amide bonds. The van der Waals surface area contributed by atoms with Crippen LogP contribution in [0.2, 0.25) is 0 Å². The van der Waals surface area contributed by atoms with Crippen molar-refractivity contribution in [1.82, 2.24) is 15.1 Å². The maximum atomic E-state index is 3.60. The number of aryl methyl sites for hydroxylation is 1. The van der Waals surface area contributed by atoms with Crippen LogP contribution in [0.5, 0.6) is 0 Å². The van der Waals surface area contributed by atoms with Crippen molar-refractivity contribution in [2.75, 3.05) is 33.7 Å². The Balaban J connectivity index is 1.85. The molecule has 3 unspecified atom stereocenters. The fourth-order valence-corrected chi connectivity index (χ4v) is 4.33. The van der Waals surface area contributed by atoms with E-state index >= 15 is 0 Å². The highest BCUT2D eigenvalue weighted by Crippen LogP contribution is 2.34. The van der Waals surface area contributed by atoms with Crippen LogP contribution in [-0.2, 0) is 6.42 Å². The Kier molecular flexibility index (Phi) is 4.63. The summed E-state index contributed by atoms with van der Waals surface area (Å²) < 4.78 is 0. The smallest absolute Gasteiger partial charge is 0.0478 e. The van der Waals surface area contributed by atoms with Crippen molar-refractivity contribution in [3.8, 4) is 0 Å². The third-order valence-electron chi connectivity index (χ3n) is 5.32. The molecule has 0 bridgehead atoms. The van der Waals surface area contributed by atoms with Gasteiger partial charge in [0.25, 0.3) is 0 Å². The second-order valence-electron chi connectivity index (χ2n) is 6.77. The van der Waals surface area contributed by atoms with Crippen LogP contribution in [0.25, 0.3) is 0 Å². The monoisotopic (exact) mass is 287 g/mol. The first-order valence-electron chi connectivity index (χ1n) is 8.40. The zero-order valence-corrected chi connectivity index (χ0v) is 13.7. The molecule has 1 aliphatic heterocycles. The van der Waals surface area contributed by atoms with Gasteiger partial charge in [-0.3, -0.25) is 4.90 Å². The van der Waals surface area contributed by atoms with Gasteiger partial charge in [0.1, 0.15) is 0 Å². The Morgan fingerprint density at radius 3 is 2.81 bits per heavy atom. The SMILES string of the molecule is CNC1c2ccccc2CCC1N1CCCN(C)CC1C. The molecule has 1 N–H and O–H groups in total.